The molecule has 0 bridgehead atoms. The number of benzene rings is 1. The lowest BCUT2D eigenvalue weighted by molar-refractivity contribution is 0.352. The third-order valence-electron chi connectivity index (χ3n) is 0.891. The largest absolute Gasteiger partial charge is 0.290 e. The van der Waals surface area contributed by atoms with Crippen molar-refractivity contribution in [2.75, 3.05) is 0 Å². The van der Waals surface area contributed by atoms with Crippen LogP contribution in [0.2, 0.25) is 5.02 Å². The van der Waals surface area contributed by atoms with Crippen molar-refractivity contribution in [3.8, 4) is 5.75 Å². The second-order valence-electron chi connectivity index (χ2n) is 1.58. The molecular formula is C6H3ClFO. The molecule has 3 heteroatoms. The summed E-state index contributed by atoms with van der Waals surface area (Å²) in [5, 5.41) is 10.3. The van der Waals surface area contributed by atoms with E-state index in [9.17, 15) is 9.50 Å². The molecule has 0 heterocycles. The van der Waals surface area contributed by atoms with Crippen molar-refractivity contribution in [3.63, 3.8) is 0 Å². The maximum absolute atomic E-state index is 12.2. The molecule has 0 aliphatic rings. The van der Waals surface area contributed by atoms with E-state index in [1.165, 1.54) is 12.1 Å². The molecule has 0 fully saturated rings. The van der Waals surface area contributed by atoms with E-state index < -0.39 is 5.82 Å². The maximum Gasteiger partial charge on any atom is 0.181 e. The predicted molar refractivity (Wildman–Crippen MR) is 31.5 cm³/mol. The van der Waals surface area contributed by atoms with Gasteiger partial charge < -0.3 is 0 Å². The van der Waals surface area contributed by atoms with Gasteiger partial charge in [-0.15, -0.1) is 0 Å². The van der Waals surface area contributed by atoms with Crippen LogP contribution in [0, 0.1) is 5.82 Å². The lowest BCUT2D eigenvalue weighted by atomic mass is 10.3. The fraction of sp³-hybridized carbons (Fsp3) is 0. The van der Waals surface area contributed by atoms with Gasteiger partial charge in [0.15, 0.2) is 5.75 Å². The summed E-state index contributed by atoms with van der Waals surface area (Å²) in [5.41, 5.74) is 0. The molecule has 9 heavy (non-hydrogen) atoms. The second kappa shape index (κ2) is 2.23. The number of hydrogen-bond donors (Lipinski definition) is 0. The molecule has 0 amide bonds. The van der Waals surface area contributed by atoms with E-state index in [4.69, 9.17) is 11.6 Å². The Hall–Kier alpha value is -0.760. The molecule has 0 aliphatic heterocycles. The van der Waals surface area contributed by atoms with Gasteiger partial charge in [-0.05, 0) is 12.1 Å². The van der Waals surface area contributed by atoms with Gasteiger partial charge in [-0.25, -0.2) is 4.39 Å². The van der Waals surface area contributed by atoms with Gasteiger partial charge in [0, 0.05) is 6.07 Å². The highest BCUT2D eigenvalue weighted by atomic mass is 35.5. The van der Waals surface area contributed by atoms with Gasteiger partial charge >= 0.3 is 0 Å². The normalized spacial score (nSPS) is 9.56. The molecule has 0 unspecified atom stereocenters. The van der Waals surface area contributed by atoms with E-state index in [0.29, 0.717) is 0 Å². The van der Waals surface area contributed by atoms with Crippen molar-refractivity contribution in [1.29, 1.82) is 0 Å². The molecule has 1 rings (SSSR count). The summed E-state index contributed by atoms with van der Waals surface area (Å²) >= 11 is 5.27. The summed E-state index contributed by atoms with van der Waals surface area (Å²) in [7, 11) is 0. The molecule has 0 aromatic heterocycles. The quantitative estimate of drug-likeness (QED) is 0.535. The molecular weight excluding hydrogens is 143 g/mol. The lowest BCUT2D eigenvalue weighted by Crippen LogP contribution is -1.72. The molecule has 0 aliphatic carbocycles. The van der Waals surface area contributed by atoms with Crippen molar-refractivity contribution in [3.05, 3.63) is 29.0 Å². The molecule has 0 spiro atoms. The molecule has 0 saturated heterocycles. The lowest BCUT2D eigenvalue weighted by Gasteiger charge is -1.89. The van der Waals surface area contributed by atoms with Crippen LogP contribution in [0.25, 0.3) is 0 Å². The highest BCUT2D eigenvalue weighted by Gasteiger charge is 1.98. The first-order valence-corrected chi connectivity index (χ1v) is 2.70. The van der Waals surface area contributed by atoms with Crippen LogP contribution in [-0.4, -0.2) is 0 Å². The molecule has 1 radical (unpaired) electrons. The molecule has 47 valence electrons. The Morgan fingerprint density at radius 1 is 1.44 bits per heavy atom. The minimum Gasteiger partial charge on any atom is -0.290 e. The first kappa shape index (κ1) is 6.36. The van der Waals surface area contributed by atoms with Gasteiger partial charge in [0.05, 0.1) is 5.02 Å². The van der Waals surface area contributed by atoms with Crippen LogP contribution >= 0.6 is 11.6 Å². The van der Waals surface area contributed by atoms with Crippen LogP contribution in [0.3, 0.4) is 0 Å². The van der Waals surface area contributed by atoms with Crippen LogP contribution in [0.1, 0.15) is 0 Å². The van der Waals surface area contributed by atoms with Gasteiger partial charge in [0.25, 0.3) is 0 Å². The summed E-state index contributed by atoms with van der Waals surface area (Å²) in [5.74, 6) is -1.03. The van der Waals surface area contributed by atoms with Crippen LogP contribution in [-0.2, 0) is 5.11 Å². The van der Waals surface area contributed by atoms with Crippen molar-refractivity contribution in [2.45, 2.75) is 0 Å². The van der Waals surface area contributed by atoms with Crippen LogP contribution in [0.5, 0.6) is 5.75 Å². The minimum absolute atomic E-state index is 0.0189. The monoisotopic (exact) mass is 145 g/mol. The average Bonchev–Trinajstić information content (AvgIpc) is 1.80. The van der Waals surface area contributed by atoms with Crippen molar-refractivity contribution >= 4 is 11.6 Å². The Balaban J connectivity index is 3.17. The maximum atomic E-state index is 12.2. The summed E-state index contributed by atoms with van der Waals surface area (Å²) in [4.78, 5) is 0. The zero-order chi connectivity index (χ0) is 6.85. The van der Waals surface area contributed by atoms with Crippen molar-refractivity contribution in [1.82, 2.24) is 0 Å². The Morgan fingerprint density at radius 3 is 2.56 bits per heavy atom. The standard InChI is InChI=1S/C6H3ClFO/c7-5-2-1-4(9)3-6(5)8/h1-3H. The second-order valence-corrected chi connectivity index (χ2v) is 1.98. The highest BCUT2D eigenvalue weighted by molar-refractivity contribution is 6.30. The minimum atomic E-state index is -0.663. The summed E-state index contributed by atoms with van der Waals surface area (Å²) in [6.07, 6.45) is 0. The molecule has 1 aromatic carbocycles. The number of halogens is 2. The van der Waals surface area contributed by atoms with E-state index in [1.54, 1.807) is 0 Å². The fourth-order valence-corrected chi connectivity index (χ4v) is 0.594. The highest BCUT2D eigenvalue weighted by Crippen LogP contribution is 2.18. The first-order valence-electron chi connectivity index (χ1n) is 2.32. The van der Waals surface area contributed by atoms with E-state index in [0.717, 1.165) is 6.07 Å². The Morgan fingerprint density at radius 2 is 2.11 bits per heavy atom. The molecule has 1 nitrogen and oxygen atoms in total. The zero-order valence-electron chi connectivity index (χ0n) is 4.40. The molecule has 1 aromatic rings. The van der Waals surface area contributed by atoms with E-state index in [-0.39, 0.29) is 10.8 Å². The smallest absolute Gasteiger partial charge is 0.181 e. The summed E-state index contributed by atoms with van der Waals surface area (Å²) < 4.78 is 12.2. The Kier molecular flexibility index (Phi) is 1.58. The predicted octanol–water partition coefficient (Wildman–Crippen LogP) is 2.62. The van der Waals surface area contributed by atoms with Crippen LogP contribution in [0.15, 0.2) is 18.2 Å². The van der Waals surface area contributed by atoms with Gasteiger partial charge in [-0.3, -0.25) is 5.11 Å². The molecule has 0 N–H and O–H groups in total. The van der Waals surface area contributed by atoms with Crippen LogP contribution < -0.4 is 0 Å². The Labute approximate surface area is 56.7 Å². The third-order valence-corrected chi connectivity index (χ3v) is 1.20. The Bertz CT molecular complexity index is 224. The SMILES string of the molecule is [O]c1ccc(Cl)c(F)c1. The molecule has 0 atom stereocenters. The number of hydrogen-bond acceptors (Lipinski definition) is 0. The van der Waals surface area contributed by atoms with Gasteiger partial charge in [0.1, 0.15) is 5.82 Å². The van der Waals surface area contributed by atoms with Gasteiger partial charge in [-0.2, -0.15) is 0 Å². The first-order chi connectivity index (χ1) is 4.20. The van der Waals surface area contributed by atoms with Crippen molar-refractivity contribution < 1.29 is 9.50 Å². The molecule has 0 saturated carbocycles. The summed E-state index contributed by atoms with van der Waals surface area (Å²) in [6, 6.07) is 3.30. The van der Waals surface area contributed by atoms with E-state index >= 15 is 0 Å². The van der Waals surface area contributed by atoms with Gasteiger partial charge in [-0.1, -0.05) is 11.6 Å². The van der Waals surface area contributed by atoms with Crippen LogP contribution in [0.4, 0.5) is 4.39 Å². The third kappa shape index (κ3) is 1.33. The topological polar surface area (TPSA) is 19.9 Å². The average molecular weight is 146 g/mol. The zero-order valence-corrected chi connectivity index (χ0v) is 5.15. The van der Waals surface area contributed by atoms with E-state index in [1.807, 2.05) is 0 Å². The van der Waals surface area contributed by atoms with Crippen molar-refractivity contribution in [2.24, 2.45) is 0 Å². The van der Waals surface area contributed by atoms with Gasteiger partial charge in [0.2, 0.25) is 0 Å². The number of rotatable bonds is 0. The fourth-order valence-electron chi connectivity index (χ4n) is 0.477. The summed E-state index contributed by atoms with van der Waals surface area (Å²) in [6.45, 7) is 0. The van der Waals surface area contributed by atoms with E-state index in [2.05, 4.69) is 0 Å².